The SMILES string of the molecule is CCC1CCCCN1C(=O)C1(c2ccccc2)CC1. The fourth-order valence-electron chi connectivity index (χ4n) is 3.48. The number of benzene rings is 1. The minimum atomic E-state index is -0.175. The molecule has 0 bridgehead atoms. The third-order valence-corrected chi connectivity index (χ3v) is 4.85. The molecule has 1 aromatic carbocycles. The first-order chi connectivity index (χ1) is 9.28. The van der Waals surface area contributed by atoms with E-state index in [-0.39, 0.29) is 5.41 Å². The van der Waals surface area contributed by atoms with E-state index >= 15 is 0 Å². The summed E-state index contributed by atoms with van der Waals surface area (Å²) in [6.45, 7) is 3.17. The Kier molecular flexibility index (Phi) is 3.34. The van der Waals surface area contributed by atoms with Crippen molar-refractivity contribution in [3.8, 4) is 0 Å². The molecule has 2 fully saturated rings. The largest absolute Gasteiger partial charge is 0.339 e. The van der Waals surface area contributed by atoms with Gasteiger partial charge in [-0.05, 0) is 44.1 Å². The predicted molar refractivity (Wildman–Crippen MR) is 77.0 cm³/mol. The third kappa shape index (κ3) is 2.18. The summed E-state index contributed by atoms with van der Waals surface area (Å²) in [6, 6.07) is 10.8. The smallest absolute Gasteiger partial charge is 0.233 e. The summed E-state index contributed by atoms with van der Waals surface area (Å²) in [5, 5.41) is 0. The molecule has 2 heteroatoms. The third-order valence-electron chi connectivity index (χ3n) is 4.85. The Hall–Kier alpha value is -1.31. The topological polar surface area (TPSA) is 20.3 Å². The fraction of sp³-hybridized carbons (Fsp3) is 0.588. The van der Waals surface area contributed by atoms with Gasteiger partial charge in [0.1, 0.15) is 0 Å². The van der Waals surface area contributed by atoms with Gasteiger partial charge in [-0.1, -0.05) is 37.3 Å². The second-order valence-corrected chi connectivity index (χ2v) is 6.00. The average molecular weight is 257 g/mol. The van der Waals surface area contributed by atoms with E-state index in [9.17, 15) is 4.79 Å². The molecule has 0 aromatic heterocycles. The van der Waals surface area contributed by atoms with E-state index in [4.69, 9.17) is 0 Å². The molecule has 1 atom stereocenters. The van der Waals surface area contributed by atoms with E-state index in [2.05, 4.69) is 36.1 Å². The Bertz CT molecular complexity index is 450. The van der Waals surface area contributed by atoms with Crippen LogP contribution in [0.1, 0.15) is 51.0 Å². The van der Waals surface area contributed by atoms with Crippen LogP contribution < -0.4 is 0 Å². The van der Waals surface area contributed by atoms with E-state index < -0.39 is 0 Å². The second kappa shape index (κ2) is 4.99. The molecular weight excluding hydrogens is 234 g/mol. The van der Waals surface area contributed by atoms with Gasteiger partial charge in [0.25, 0.3) is 0 Å². The molecule has 102 valence electrons. The van der Waals surface area contributed by atoms with Gasteiger partial charge in [0, 0.05) is 12.6 Å². The Balaban J connectivity index is 1.83. The minimum absolute atomic E-state index is 0.175. The molecule has 3 rings (SSSR count). The average Bonchev–Trinajstić information content (AvgIpc) is 3.29. The number of piperidine rings is 1. The predicted octanol–water partition coefficient (Wildman–Crippen LogP) is 3.51. The number of hydrogen-bond acceptors (Lipinski definition) is 1. The van der Waals surface area contributed by atoms with Crippen LogP contribution in [0, 0.1) is 0 Å². The minimum Gasteiger partial charge on any atom is -0.339 e. The Morgan fingerprint density at radius 2 is 2.00 bits per heavy atom. The summed E-state index contributed by atoms with van der Waals surface area (Å²) >= 11 is 0. The molecule has 0 radical (unpaired) electrons. The lowest BCUT2D eigenvalue weighted by Gasteiger charge is -2.38. The number of hydrogen-bond donors (Lipinski definition) is 0. The Morgan fingerprint density at radius 1 is 1.26 bits per heavy atom. The van der Waals surface area contributed by atoms with Crippen molar-refractivity contribution in [1.29, 1.82) is 0 Å². The van der Waals surface area contributed by atoms with Gasteiger partial charge >= 0.3 is 0 Å². The monoisotopic (exact) mass is 257 g/mol. The van der Waals surface area contributed by atoms with Crippen LogP contribution in [0.3, 0.4) is 0 Å². The molecule has 1 saturated heterocycles. The Labute approximate surface area is 115 Å². The molecule has 1 unspecified atom stereocenters. The van der Waals surface area contributed by atoms with Crippen LogP contribution >= 0.6 is 0 Å². The number of likely N-dealkylation sites (tertiary alicyclic amines) is 1. The van der Waals surface area contributed by atoms with E-state index in [1.54, 1.807) is 0 Å². The second-order valence-electron chi connectivity index (χ2n) is 6.00. The normalized spacial score (nSPS) is 25.1. The summed E-state index contributed by atoms with van der Waals surface area (Å²) in [4.78, 5) is 15.2. The maximum atomic E-state index is 13.0. The molecule has 2 aliphatic rings. The first-order valence-electron chi connectivity index (χ1n) is 7.64. The molecule has 1 saturated carbocycles. The van der Waals surface area contributed by atoms with Crippen molar-refractivity contribution in [2.24, 2.45) is 0 Å². The van der Waals surface area contributed by atoms with Gasteiger partial charge in [-0.15, -0.1) is 0 Å². The van der Waals surface area contributed by atoms with Crippen molar-refractivity contribution in [3.63, 3.8) is 0 Å². The standard InChI is InChI=1S/C17H23NO/c1-2-15-10-6-7-13-18(15)16(19)17(11-12-17)14-8-4-3-5-9-14/h3-5,8-9,15H,2,6-7,10-13H2,1H3. The highest BCUT2D eigenvalue weighted by Gasteiger charge is 2.53. The van der Waals surface area contributed by atoms with Crippen molar-refractivity contribution in [2.45, 2.75) is 56.9 Å². The molecule has 1 aliphatic heterocycles. The number of nitrogens with zero attached hydrogens (tertiary/aromatic N) is 1. The van der Waals surface area contributed by atoms with Crippen LogP contribution in [0.2, 0.25) is 0 Å². The molecule has 1 amide bonds. The van der Waals surface area contributed by atoms with E-state index in [0.29, 0.717) is 11.9 Å². The van der Waals surface area contributed by atoms with Crippen molar-refractivity contribution < 1.29 is 4.79 Å². The summed E-state index contributed by atoms with van der Waals surface area (Å²) in [5.41, 5.74) is 1.05. The van der Waals surface area contributed by atoms with Gasteiger partial charge in [-0.3, -0.25) is 4.79 Å². The van der Waals surface area contributed by atoms with E-state index in [0.717, 1.165) is 25.8 Å². The van der Waals surface area contributed by atoms with Gasteiger partial charge < -0.3 is 4.90 Å². The molecule has 1 aliphatic carbocycles. The Morgan fingerprint density at radius 3 is 2.63 bits per heavy atom. The number of carbonyl (C=O) groups is 1. The zero-order valence-electron chi connectivity index (χ0n) is 11.8. The first kappa shape index (κ1) is 12.7. The highest BCUT2D eigenvalue weighted by molar-refractivity contribution is 5.91. The van der Waals surface area contributed by atoms with E-state index in [1.807, 2.05) is 6.07 Å². The van der Waals surface area contributed by atoms with Crippen molar-refractivity contribution in [2.75, 3.05) is 6.54 Å². The van der Waals surface area contributed by atoms with Gasteiger partial charge in [0.15, 0.2) is 0 Å². The van der Waals surface area contributed by atoms with Crippen LogP contribution in [0.25, 0.3) is 0 Å². The highest BCUT2D eigenvalue weighted by Crippen LogP contribution is 2.50. The number of carbonyl (C=O) groups excluding carboxylic acids is 1. The molecule has 2 nitrogen and oxygen atoms in total. The van der Waals surface area contributed by atoms with Crippen molar-refractivity contribution >= 4 is 5.91 Å². The summed E-state index contributed by atoms with van der Waals surface area (Å²) < 4.78 is 0. The summed E-state index contributed by atoms with van der Waals surface area (Å²) in [7, 11) is 0. The summed E-state index contributed by atoms with van der Waals surface area (Å²) in [6.07, 6.45) is 6.79. The lowest BCUT2D eigenvalue weighted by molar-refractivity contribution is -0.137. The number of amides is 1. The van der Waals surface area contributed by atoms with Crippen LogP contribution in [0.4, 0.5) is 0 Å². The van der Waals surface area contributed by atoms with Gasteiger partial charge in [-0.25, -0.2) is 0 Å². The van der Waals surface area contributed by atoms with Crippen molar-refractivity contribution in [3.05, 3.63) is 35.9 Å². The molecule has 1 heterocycles. The van der Waals surface area contributed by atoms with Crippen LogP contribution in [-0.4, -0.2) is 23.4 Å². The van der Waals surface area contributed by atoms with Gasteiger partial charge in [-0.2, -0.15) is 0 Å². The molecule has 19 heavy (non-hydrogen) atoms. The van der Waals surface area contributed by atoms with Crippen LogP contribution in [0.15, 0.2) is 30.3 Å². The van der Waals surface area contributed by atoms with Crippen molar-refractivity contribution in [1.82, 2.24) is 4.90 Å². The van der Waals surface area contributed by atoms with E-state index in [1.165, 1.54) is 24.8 Å². The quantitative estimate of drug-likeness (QED) is 0.811. The molecular formula is C17H23NO. The fourth-order valence-corrected chi connectivity index (χ4v) is 3.48. The zero-order valence-corrected chi connectivity index (χ0v) is 11.8. The molecule has 0 N–H and O–H groups in total. The maximum absolute atomic E-state index is 13.0. The maximum Gasteiger partial charge on any atom is 0.233 e. The van der Waals surface area contributed by atoms with Gasteiger partial charge in [0.05, 0.1) is 5.41 Å². The molecule has 0 spiro atoms. The lowest BCUT2D eigenvalue weighted by Crippen LogP contribution is -2.48. The number of rotatable bonds is 3. The van der Waals surface area contributed by atoms with Crippen LogP contribution in [0.5, 0.6) is 0 Å². The highest BCUT2D eigenvalue weighted by atomic mass is 16.2. The van der Waals surface area contributed by atoms with Gasteiger partial charge in [0.2, 0.25) is 5.91 Å². The zero-order chi connectivity index (χ0) is 13.3. The molecule has 1 aromatic rings. The summed E-state index contributed by atoms with van der Waals surface area (Å²) in [5.74, 6) is 0.394. The lowest BCUT2D eigenvalue weighted by atomic mass is 9.91. The van der Waals surface area contributed by atoms with Crippen LogP contribution in [-0.2, 0) is 10.2 Å². The first-order valence-corrected chi connectivity index (χ1v) is 7.64.